The van der Waals surface area contributed by atoms with Gasteiger partial charge >= 0.3 is 0 Å². The number of sulfonamides is 1. The highest BCUT2D eigenvalue weighted by molar-refractivity contribution is 7.92. The summed E-state index contributed by atoms with van der Waals surface area (Å²) in [7, 11) is -2.30. The van der Waals surface area contributed by atoms with Crippen molar-refractivity contribution in [2.45, 2.75) is 0 Å². The number of carbonyl (C=O) groups excluding carboxylic acids is 1. The number of hydrogen-bond acceptors (Lipinski definition) is 7. The number of methoxy groups -OCH3 is 1. The molecule has 11 heteroatoms. The fourth-order valence-corrected chi connectivity index (χ4v) is 3.25. The van der Waals surface area contributed by atoms with E-state index in [1.165, 1.54) is 25.3 Å². The van der Waals surface area contributed by atoms with E-state index in [9.17, 15) is 23.3 Å². The van der Waals surface area contributed by atoms with Gasteiger partial charge in [0.15, 0.2) is 0 Å². The van der Waals surface area contributed by atoms with Gasteiger partial charge in [0.05, 0.1) is 30.5 Å². The predicted octanol–water partition coefficient (Wildman–Crippen LogP) is 1.56. The highest BCUT2D eigenvalue weighted by Gasteiger charge is 2.22. The van der Waals surface area contributed by atoms with Crippen LogP contribution < -0.4 is 19.1 Å². The first-order chi connectivity index (χ1) is 13.7. The van der Waals surface area contributed by atoms with Crippen LogP contribution in [0.4, 0.5) is 11.4 Å². The standard InChI is InChI=1S/C18H21N3O7S/c1-27-16-7-4-8-17(12-16)28-10-9-19-18(22)13-20(29(2,25)26)14-5-3-6-15(11-14)21(23)24/h3-8,11-12H,9-10,13H2,1-2H3,(H,19,22). The Morgan fingerprint density at radius 2 is 1.86 bits per heavy atom. The largest absolute Gasteiger partial charge is 0.497 e. The van der Waals surface area contributed by atoms with Gasteiger partial charge in [-0.05, 0) is 18.2 Å². The van der Waals surface area contributed by atoms with E-state index in [4.69, 9.17) is 9.47 Å². The van der Waals surface area contributed by atoms with E-state index in [1.807, 2.05) is 0 Å². The zero-order valence-electron chi connectivity index (χ0n) is 15.9. The summed E-state index contributed by atoms with van der Waals surface area (Å²) < 4.78 is 35.5. The lowest BCUT2D eigenvalue weighted by Gasteiger charge is -2.21. The Labute approximate surface area is 168 Å². The summed E-state index contributed by atoms with van der Waals surface area (Å²) in [5.74, 6) is 0.622. The van der Waals surface area contributed by atoms with Gasteiger partial charge in [-0.3, -0.25) is 19.2 Å². The summed E-state index contributed by atoms with van der Waals surface area (Å²) in [4.78, 5) is 22.5. The molecule has 0 aliphatic carbocycles. The molecule has 1 N–H and O–H groups in total. The molecule has 0 aliphatic rings. The first kappa shape index (κ1) is 22.0. The van der Waals surface area contributed by atoms with Gasteiger partial charge in [0.2, 0.25) is 15.9 Å². The molecule has 2 aromatic rings. The second kappa shape index (κ2) is 9.73. The van der Waals surface area contributed by atoms with Crippen molar-refractivity contribution in [2.24, 2.45) is 0 Å². The first-order valence-electron chi connectivity index (χ1n) is 8.46. The van der Waals surface area contributed by atoms with Gasteiger partial charge in [-0.1, -0.05) is 12.1 Å². The van der Waals surface area contributed by atoms with Crippen molar-refractivity contribution in [1.82, 2.24) is 5.32 Å². The number of nitro groups is 1. The summed E-state index contributed by atoms with van der Waals surface area (Å²) in [6, 6.07) is 12.0. The minimum absolute atomic E-state index is 0.0319. The van der Waals surface area contributed by atoms with Crippen molar-refractivity contribution >= 4 is 27.3 Å². The number of amides is 1. The molecular formula is C18H21N3O7S. The van der Waals surface area contributed by atoms with Crippen molar-refractivity contribution in [1.29, 1.82) is 0 Å². The third-order valence-corrected chi connectivity index (χ3v) is 4.89. The fraction of sp³-hybridized carbons (Fsp3) is 0.278. The minimum Gasteiger partial charge on any atom is -0.497 e. The summed E-state index contributed by atoms with van der Waals surface area (Å²) in [5, 5.41) is 13.5. The lowest BCUT2D eigenvalue weighted by Crippen LogP contribution is -2.41. The van der Waals surface area contributed by atoms with Crippen LogP contribution in [0.1, 0.15) is 0 Å². The zero-order chi connectivity index (χ0) is 21.4. The van der Waals surface area contributed by atoms with Crippen LogP contribution in [0.15, 0.2) is 48.5 Å². The number of rotatable bonds is 10. The molecule has 0 spiro atoms. The molecule has 0 radical (unpaired) electrons. The Balaban J connectivity index is 1.95. The first-order valence-corrected chi connectivity index (χ1v) is 10.3. The Hall–Kier alpha value is -3.34. The molecule has 10 nitrogen and oxygen atoms in total. The van der Waals surface area contributed by atoms with Crippen molar-refractivity contribution in [3.8, 4) is 11.5 Å². The molecule has 29 heavy (non-hydrogen) atoms. The van der Waals surface area contributed by atoms with Crippen molar-refractivity contribution in [3.05, 3.63) is 58.6 Å². The van der Waals surface area contributed by atoms with Crippen molar-refractivity contribution < 1.29 is 27.6 Å². The van der Waals surface area contributed by atoms with E-state index in [0.29, 0.717) is 11.5 Å². The van der Waals surface area contributed by atoms with Crippen LogP contribution >= 0.6 is 0 Å². The Morgan fingerprint density at radius 1 is 1.17 bits per heavy atom. The van der Waals surface area contributed by atoms with Crippen LogP contribution in [-0.2, 0) is 14.8 Å². The molecule has 1 amide bonds. The van der Waals surface area contributed by atoms with Gasteiger partial charge in [-0.25, -0.2) is 8.42 Å². The minimum atomic E-state index is -3.83. The summed E-state index contributed by atoms with van der Waals surface area (Å²) in [6.45, 7) is -0.212. The number of nitrogens with one attached hydrogen (secondary N) is 1. The summed E-state index contributed by atoms with van der Waals surface area (Å²) in [5.41, 5.74) is -0.243. The number of nitro benzene ring substituents is 1. The van der Waals surface area contributed by atoms with Crippen LogP contribution in [0.25, 0.3) is 0 Å². The molecule has 2 aromatic carbocycles. The van der Waals surface area contributed by atoms with Gasteiger partial charge in [0.25, 0.3) is 5.69 Å². The van der Waals surface area contributed by atoms with Crippen molar-refractivity contribution in [3.63, 3.8) is 0 Å². The second-order valence-electron chi connectivity index (χ2n) is 5.92. The number of ether oxygens (including phenoxy) is 2. The number of benzene rings is 2. The SMILES string of the molecule is COc1cccc(OCCNC(=O)CN(c2cccc([N+](=O)[O-])c2)S(C)(=O)=O)c1. The fourth-order valence-electron chi connectivity index (χ4n) is 2.40. The average molecular weight is 423 g/mol. The highest BCUT2D eigenvalue weighted by atomic mass is 32.2. The highest BCUT2D eigenvalue weighted by Crippen LogP contribution is 2.23. The molecule has 0 atom stereocenters. The van der Waals surface area contributed by atoms with E-state index < -0.39 is 27.4 Å². The lowest BCUT2D eigenvalue weighted by molar-refractivity contribution is -0.384. The van der Waals surface area contributed by atoms with Gasteiger partial charge in [-0.15, -0.1) is 0 Å². The van der Waals surface area contributed by atoms with E-state index in [-0.39, 0.29) is 24.5 Å². The maximum Gasteiger partial charge on any atom is 0.271 e. The lowest BCUT2D eigenvalue weighted by atomic mass is 10.3. The van der Waals surface area contributed by atoms with Crippen molar-refractivity contribution in [2.75, 3.05) is 37.4 Å². The zero-order valence-corrected chi connectivity index (χ0v) is 16.7. The maximum absolute atomic E-state index is 12.2. The number of anilines is 1. The monoisotopic (exact) mass is 423 g/mol. The molecule has 0 unspecified atom stereocenters. The smallest absolute Gasteiger partial charge is 0.271 e. The third-order valence-electron chi connectivity index (χ3n) is 3.75. The number of nitrogens with zero attached hydrogens (tertiary/aromatic N) is 2. The molecule has 0 saturated heterocycles. The molecule has 0 aromatic heterocycles. The molecule has 0 bridgehead atoms. The maximum atomic E-state index is 12.2. The van der Waals surface area contributed by atoms with Crippen LogP contribution in [0.2, 0.25) is 0 Å². The van der Waals surface area contributed by atoms with E-state index in [0.717, 1.165) is 16.6 Å². The number of hydrogen-bond donors (Lipinski definition) is 1. The molecule has 0 aliphatic heterocycles. The topological polar surface area (TPSA) is 128 Å². The molecule has 0 saturated carbocycles. The molecule has 2 rings (SSSR count). The summed E-state index contributed by atoms with van der Waals surface area (Å²) >= 11 is 0. The molecule has 0 fully saturated rings. The van der Waals surface area contributed by atoms with Crippen LogP contribution in [0, 0.1) is 10.1 Å². The predicted molar refractivity (Wildman–Crippen MR) is 107 cm³/mol. The number of carbonyl (C=O) groups is 1. The van der Waals surface area contributed by atoms with Gasteiger partial charge < -0.3 is 14.8 Å². The Morgan fingerprint density at radius 3 is 2.52 bits per heavy atom. The average Bonchev–Trinajstić information content (AvgIpc) is 2.68. The second-order valence-corrected chi connectivity index (χ2v) is 7.83. The van der Waals surface area contributed by atoms with Gasteiger partial charge in [0.1, 0.15) is 24.7 Å². The van der Waals surface area contributed by atoms with E-state index >= 15 is 0 Å². The van der Waals surface area contributed by atoms with E-state index in [1.54, 1.807) is 24.3 Å². The van der Waals surface area contributed by atoms with Crippen LogP contribution in [-0.4, -0.2) is 52.3 Å². The molecule has 0 heterocycles. The summed E-state index contributed by atoms with van der Waals surface area (Å²) in [6.07, 6.45) is 0.922. The molecule has 156 valence electrons. The Bertz CT molecular complexity index is 979. The van der Waals surface area contributed by atoms with Crippen LogP contribution in [0.5, 0.6) is 11.5 Å². The normalized spacial score (nSPS) is 10.8. The van der Waals surface area contributed by atoms with Gasteiger partial charge in [0, 0.05) is 18.2 Å². The van der Waals surface area contributed by atoms with Crippen LogP contribution in [0.3, 0.4) is 0 Å². The van der Waals surface area contributed by atoms with E-state index in [2.05, 4.69) is 5.32 Å². The Kier molecular flexibility index (Phi) is 7.37. The van der Waals surface area contributed by atoms with Gasteiger partial charge in [-0.2, -0.15) is 0 Å². The molecular weight excluding hydrogens is 402 g/mol. The number of non-ortho nitro benzene ring substituents is 1. The quantitative estimate of drug-likeness (QED) is 0.349. The third kappa shape index (κ3) is 6.64.